The van der Waals surface area contributed by atoms with E-state index >= 15 is 0 Å². The van der Waals surface area contributed by atoms with E-state index in [-0.39, 0.29) is 13.0 Å². The van der Waals surface area contributed by atoms with Gasteiger partial charge in [0.05, 0.1) is 0 Å². The van der Waals surface area contributed by atoms with Gasteiger partial charge in [0.15, 0.2) is 6.79 Å². The molecule has 98 valence electrons. The van der Waals surface area contributed by atoms with Gasteiger partial charge in [0.1, 0.15) is 0 Å². The fraction of sp³-hybridized carbons (Fsp3) is 0.250. The van der Waals surface area contributed by atoms with E-state index in [0.717, 1.165) is 11.3 Å². The van der Waals surface area contributed by atoms with E-state index in [4.69, 9.17) is 19.3 Å². The summed E-state index contributed by atoms with van der Waals surface area (Å²) in [7, 11) is -1.19. The second-order valence-corrected chi connectivity index (χ2v) is 6.65. The third kappa shape index (κ3) is 3.51. The smallest absolute Gasteiger partial charge is 0.388 e. The number of carbonyl (C=O) groups excluding carboxylic acids is 1. The summed E-state index contributed by atoms with van der Waals surface area (Å²) < 4.78 is 15.8. The lowest BCUT2D eigenvalue weighted by atomic mass is 10.4. The number of hydrogen-bond acceptors (Lipinski definition) is 5. The number of nitrogens with two attached hydrogens (primary N) is 1. The Morgan fingerprint density at radius 3 is 2.61 bits per heavy atom. The van der Waals surface area contributed by atoms with Gasteiger partial charge in [-0.05, 0) is 5.19 Å². The Labute approximate surface area is 107 Å². The fourth-order valence-electron chi connectivity index (χ4n) is 1.45. The molecule has 0 aliphatic carbocycles. The molecule has 0 amide bonds. The number of carbonyl (C=O) groups is 1. The molecule has 2 N–H and O–H groups in total. The fourth-order valence-corrected chi connectivity index (χ4v) is 3.44. The van der Waals surface area contributed by atoms with Crippen LogP contribution in [0.4, 0.5) is 0 Å². The van der Waals surface area contributed by atoms with Crippen LogP contribution in [0.3, 0.4) is 0 Å². The zero-order valence-electron chi connectivity index (χ0n) is 10.3. The van der Waals surface area contributed by atoms with Gasteiger partial charge >= 0.3 is 14.5 Å². The Balaban J connectivity index is 2.75. The first kappa shape index (κ1) is 14.6. The van der Waals surface area contributed by atoms with Crippen LogP contribution in [-0.2, 0) is 18.4 Å². The molecule has 0 aromatic heterocycles. The second kappa shape index (κ2) is 7.07. The van der Waals surface area contributed by atoms with Gasteiger partial charge < -0.3 is 19.3 Å². The van der Waals surface area contributed by atoms with Crippen LogP contribution in [0.2, 0.25) is 0 Å². The predicted molar refractivity (Wildman–Crippen MR) is 70.1 cm³/mol. The van der Waals surface area contributed by atoms with E-state index in [1.807, 2.05) is 30.3 Å². The van der Waals surface area contributed by atoms with Crippen LogP contribution < -0.4 is 10.9 Å². The van der Waals surface area contributed by atoms with Crippen molar-refractivity contribution in [1.29, 1.82) is 0 Å². The van der Waals surface area contributed by atoms with Gasteiger partial charge in [-0.3, -0.25) is 0 Å². The van der Waals surface area contributed by atoms with E-state index < -0.39 is 14.5 Å². The van der Waals surface area contributed by atoms with Crippen molar-refractivity contribution in [3.63, 3.8) is 0 Å². The molecule has 5 nitrogen and oxygen atoms in total. The minimum atomic E-state index is -2.73. The van der Waals surface area contributed by atoms with Crippen LogP contribution in [0, 0.1) is 0 Å². The zero-order valence-corrected chi connectivity index (χ0v) is 11.3. The van der Waals surface area contributed by atoms with Gasteiger partial charge in [-0.2, -0.15) is 0 Å². The lowest BCUT2D eigenvalue weighted by Crippen LogP contribution is -2.59. The standard InChI is InChI=1S/C12H17NO4Si/c1-3-12(14)16-10-17-18(9-13,15-2)11-7-5-4-6-8-11/h3-8H,1,9-10,13H2,2H3. The summed E-state index contributed by atoms with van der Waals surface area (Å²) in [6.45, 7) is 3.10. The van der Waals surface area contributed by atoms with Crippen molar-refractivity contribution in [2.75, 3.05) is 20.1 Å². The summed E-state index contributed by atoms with van der Waals surface area (Å²) in [5.74, 6) is -0.543. The van der Waals surface area contributed by atoms with Crippen LogP contribution in [0.15, 0.2) is 43.0 Å². The monoisotopic (exact) mass is 267 g/mol. The lowest BCUT2D eigenvalue weighted by molar-refractivity contribution is -0.145. The summed E-state index contributed by atoms with van der Waals surface area (Å²) in [6.07, 6.45) is 1.31. The number of esters is 1. The van der Waals surface area contributed by atoms with E-state index in [2.05, 4.69) is 6.58 Å². The highest BCUT2D eigenvalue weighted by Crippen LogP contribution is 2.06. The molecule has 0 bridgehead atoms. The second-order valence-electron chi connectivity index (χ2n) is 3.46. The van der Waals surface area contributed by atoms with Crippen molar-refractivity contribution >= 4 is 19.7 Å². The molecule has 0 radical (unpaired) electrons. The first-order chi connectivity index (χ1) is 8.68. The van der Waals surface area contributed by atoms with E-state index in [1.165, 1.54) is 0 Å². The minimum absolute atomic E-state index is 0.197. The molecular formula is C12H17NO4Si. The first-order valence-electron chi connectivity index (χ1n) is 5.42. The number of ether oxygens (including phenoxy) is 1. The molecule has 0 saturated heterocycles. The van der Waals surface area contributed by atoms with Crippen molar-refractivity contribution in [3.8, 4) is 0 Å². The van der Waals surface area contributed by atoms with Gasteiger partial charge in [-0.1, -0.05) is 36.9 Å². The summed E-state index contributed by atoms with van der Waals surface area (Å²) in [6, 6.07) is 9.43. The number of rotatable bonds is 7. The molecule has 0 heterocycles. The molecule has 0 spiro atoms. The maximum Gasteiger partial charge on any atom is 0.388 e. The summed E-state index contributed by atoms with van der Waals surface area (Å²) in [5, 5.41) is 0.893. The summed E-state index contributed by atoms with van der Waals surface area (Å²) in [5.41, 5.74) is 5.75. The highest BCUT2D eigenvalue weighted by molar-refractivity contribution is 6.81. The minimum Gasteiger partial charge on any atom is -0.436 e. The van der Waals surface area contributed by atoms with E-state index in [0.29, 0.717) is 0 Å². The third-order valence-electron chi connectivity index (χ3n) is 2.47. The van der Waals surface area contributed by atoms with Crippen molar-refractivity contribution in [1.82, 2.24) is 0 Å². The molecule has 1 rings (SSSR count). The van der Waals surface area contributed by atoms with Gasteiger partial charge in [0.2, 0.25) is 0 Å². The van der Waals surface area contributed by atoms with E-state index in [9.17, 15) is 4.79 Å². The molecule has 18 heavy (non-hydrogen) atoms. The largest absolute Gasteiger partial charge is 0.436 e. The lowest BCUT2D eigenvalue weighted by Gasteiger charge is -2.27. The SMILES string of the molecule is C=CC(=O)OCO[Si](CN)(OC)c1ccccc1. The van der Waals surface area contributed by atoms with Crippen LogP contribution in [0.1, 0.15) is 0 Å². The third-order valence-corrected chi connectivity index (χ3v) is 5.47. The van der Waals surface area contributed by atoms with Crippen molar-refractivity contribution in [3.05, 3.63) is 43.0 Å². The maximum absolute atomic E-state index is 10.9. The Morgan fingerprint density at radius 2 is 2.11 bits per heavy atom. The highest BCUT2D eigenvalue weighted by Gasteiger charge is 2.38. The highest BCUT2D eigenvalue weighted by atomic mass is 28.4. The van der Waals surface area contributed by atoms with Gasteiger partial charge in [0, 0.05) is 19.4 Å². The average molecular weight is 267 g/mol. The van der Waals surface area contributed by atoms with Crippen LogP contribution in [0.25, 0.3) is 0 Å². The maximum atomic E-state index is 10.9. The average Bonchev–Trinajstić information content (AvgIpc) is 2.44. The molecule has 1 aromatic carbocycles. The quantitative estimate of drug-likeness (QED) is 0.330. The first-order valence-corrected chi connectivity index (χ1v) is 7.45. The molecule has 0 fully saturated rings. The molecule has 1 atom stereocenters. The van der Waals surface area contributed by atoms with Crippen molar-refractivity contribution in [2.24, 2.45) is 5.73 Å². The number of hydrogen-bond donors (Lipinski definition) is 1. The summed E-state index contributed by atoms with van der Waals surface area (Å²) in [4.78, 5) is 10.9. The van der Waals surface area contributed by atoms with Gasteiger partial charge in [0.25, 0.3) is 0 Å². The van der Waals surface area contributed by atoms with Crippen LogP contribution >= 0.6 is 0 Å². The molecule has 1 aromatic rings. The number of benzene rings is 1. The molecule has 0 aliphatic rings. The Kier molecular flexibility index (Phi) is 5.73. The van der Waals surface area contributed by atoms with Gasteiger partial charge in [-0.25, -0.2) is 4.79 Å². The predicted octanol–water partition coefficient (Wildman–Crippen LogP) is 0.183. The van der Waals surface area contributed by atoms with Crippen LogP contribution in [-0.4, -0.2) is 34.6 Å². The molecule has 6 heteroatoms. The van der Waals surface area contributed by atoms with Crippen molar-refractivity contribution < 1.29 is 18.4 Å². The zero-order chi connectivity index (χ0) is 13.4. The van der Waals surface area contributed by atoms with E-state index in [1.54, 1.807) is 7.11 Å². The van der Waals surface area contributed by atoms with Crippen LogP contribution in [0.5, 0.6) is 0 Å². The summed E-state index contributed by atoms with van der Waals surface area (Å²) >= 11 is 0. The Morgan fingerprint density at radius 1 is 1.44 bits per heavy atom. The molecule has 1 unspecified atom stereocenters. The Bertz CT molecular complexity index is 392. The van der Waals surface area contributed by atoms with Crippen molar-refractivity contribution in [2.45, 2.75) is 0 Å². The molecular weight excluding hydrogens is 250 g/mol. The normalized spacial score (nSPS) is 13.7. The van der Waals surface area contributed by atoms with Gasteiger partial charge in [-0.15, -0.1) is 0 Å². The Hall–Kier alpha value is -1.47. The topological polar surface area (TPSA) is 70.8 Å². The molecule has 0 saturated carbocycles. The molecule has 0 aliphatic heterocycles.